The summed E-state index contributed by atoms with van der Waals surface area (Å²) in [6.07, 6.45) is 0.917. The number of rotatable bonds is 5. The van der Waals surface area contributed by atoms with Gasteiger partial charge in [0.2, 0.25) is 0 Å². The number of aromatic nitrogens is 1. The summed E-state index contributed by atoms with van der Waals surface area (Å²) in [5, 5.41) is 15.4. The van der Waals surface area contributed by atoms with Gasteiger partial charge in [-0.2, -0.15) is 0 Å². The number of aryl methyl sites for hydroxylation is 1. The Hall–Kier alpha value is -1.39. The standard InChI is InChI=1S/C14H18N2OS/c1-10-3-4-13(14(17)7-10)11(2)15-6-5-12-8-18-9-16-12/h3-4,7-9,11,15,17H,5-6H2,1-2H3. The highest BCUT2D eigenvalue weighted by atomic mass is 32.1. The molecule has 0 fully saturated rings. The average molecular weight is 262 g/mol. The van der Waals surface area contributed by atoms with E-state index in [1.54, 1.807) is 17.4 Å². The van der Waals surface area contributed by atoms with Gasteiger partial charge in [0.15, 0.2) is 0 Å². The Morgan fingerprint density at radius 3 is 2.94 bits per heavy atom. The molecule has 96 valence electrons. The largest absolute Gasteiger partial charge is 0.508 e. The maximum atomic E-state index is 9.89. The lowest BCUT2D eigenvalue weighted by molar-refractivity contribution is 0.452. The summed E-state index contributed by atoms with van der Waals surface area (Å²) in [6, 6.07) is 5.94. The molecule has 1 atom stereocenters. The number of hydrogen-bond donors (Lipinski definition) is 2. The normalized spacial score (nSPS) is 12.6. The second-order valence-corrected chi connectivity index (χ2v) is 5.19. The van der Waals surface area contributed by atoms with Crippen LogP contribution in [0.15, 0.2) is 29.1 Å². The summed E-state index contributed by atoms with van der Waals surface area (Å²) in [4.78, 5) is 4.24. The summed E-state index contributed by atoms with van der Waals surface area (Å²) in [5.74, 6) is 0.364. The maximum Gasteiger partial charge on any atom is 0.120 e. The molecule has 0 spiro atoms. The molecular weight excluding hydrogens is 244 g/mol. The Bertz CT molecular complexity index is 497. The molecule has 0 aliphatic heterocycles. The van der Waals surface area contributed by atoms with Crippen LogP contribution in [0.2, 0.25) is 0 Å². The fourth-order valence-corrected chi connectivity index (χ4v) is 2.50. The number of thiazole rings is 1. The van der Waals surface area contributed by atoms with Crippen molar-refractivity contribution in [2.75, 3.05) is 6.54 Å². The SMILES string of the molecule is Cc1ccc(C(C)NCCc2cscn2)c(O)c1. The van der Waals surface area contributed by atoms with Crippen LogP contribution in [0.4, 0.5) is 0 Å². The van der Waals surface area contributed by atoms with Gasteiger partial charge in [-0.1, -0.05) is 12.1 Å². The summed E-state index contributed by atoms with van der Waals surface area (Å²) in [7, 11) is 0. The minimum absolute atomic E-state index is 0.143. The topological polar surface area (TPSA) is 45.2 Å². The average Bonchev–Trinajstić information content (AvgIpc) is 2.81. The van der Waals surface area contributed by atoms with E-state index in [9.17, 15) is 5.11 Å². The molecule has 0 aliphatic carbocycles. The van der Waals surface area contributed by atoms with E-state index in [2.05, 4.69) is 22.6 Å². The molecule has 0 radical (unpaired) electrons. The monoisotopic (exact) mass is 262 g/mol. The molecule has 2 N–H and O–H groups in total. The Balaban J connectivity index is 1.89. The van der Waals surface area contributed by atoms with Crippen LogP contribution in [0.3, 0.4) is 0 Å². The van der Waals surface area contributed by atoms with Crippen molar-refractivity contribution in [2.45, 2.75) is 26.3 Å². The lowest BCUT2D eigenvalue weighted by atomic mass is 10.0. The number of benzene rings is 1. The third-order valence-electron chi connectivity index (χ3n) is 2.97. The van der Waals surface area contributed by atoms with Crippen LogP contribution in [0.1, 0.15) is 29.8 Å². The number of nitrogens with one attached hydrogen (secondary N) is 1. The van der Waals surface area contributed by atoms with Crippen molar-refractivity contribution in [1.82, 2.24) is 10.3 Å². The Kier molecular flexibility index (Phi) is 4.33. The van der Waals surface area contributed by atoms with Gasteiger partial charge in [-0.05, 0) is 25.5 Å². The minimum atomic E-state index is 0.143. The van der Waals surface area contributed by atoms with Gasteiger partial charge in [-0.15, -0.1) is 11.3 Å². The first-order valence-electron chi connectivity index (χ1n) is 6.07. The molecule has 0 saturated carbocycles. The van der Waals surface area contributed by atoms with E-state index in [1.807, 2.05) is 24.6 Å². The Morgan fingerprint density at radius 1 is 1.44 bits per heavy atom. The second kappa shape index (κ2) is 5.98. The van der Waals surface area contributed by atoms with Crippen molar-refractivity contribution < 1.29 is 5.11 Å². The van der Waals surface area contributed by atoms with Crippen LogP contribution in [0.25, 0.3) is 0 Å². The molecule has 1 unspecified atom stereocenters. The van der Waals surface area contributed by atoms with E-state index in [0.29, 0.717) is 5.75 Å². The maximum absolute atomic E-state index is 9.89. The van der Waals surface area contributed by atoms with Crippen LogP contribution in [-0.4, -0.2) is 16.6 Å². The first-order valence-corrected chi connectivity index (χ1v) is 7.01. The Labute approximate surface area is 112 Å². The molecule has 0 aliphatic rings. The molecule has 18 heavy (non-hydrogen) atoms. The van der Waals surface area contributed by atoms with E-state index < -0.39 is 0 Å². The summed E-state index contributed by atoms with van der Waals surface area (Å²) < 4.78 is 0. The van der Waals surface area contributed by atoms with Crippen LogP contribution in [0.5, 0.6) is 5.75 Å². The molecule has 4 heteroatoms. The summed E-state index contributed by atoms with van der Waals surface area (Å²) in [5.41, 5.74) is 4.99. The van der Waals surface area contributed by atoms with Crippen LogP contribution >= 0.6 is 11.3 Å². The molecule has 2 aromatic rings. The highest BCUT2D eigenvalue weighted by molar-refractivity contribution is 7.07. The van der Waals surface area contributed by atoms with Crippen molar-refractivity contribution >= 4 is 11.3 Å². The van der Waals surface area contributed by atoms with Gasteiger partial charge in [-0.25, -0.2) is 4.98 Å². The van der Waals surface area contributed by atoms with E-state index in [4.69, 9.17) is 0 Å². The third kappa shape index (κ3) is 3.31. The van der Waals surface area contributed by atoms with E-state index in [0.717, 1.165) is 29.8 Å². The van der Waals surface area contributed by atoms with E-state index in [1.165, 1.54) is 0 Å². The van der Waals surface area contributed by atoms with Crippen LogP contribution in [0, 0.1) is 6.92 Å². The van der Waals surface area contributed by atoms with E-state index in [-0.39, 0.29) is 6.04 Å². The molecule has 1 aromatic heterocycles. The fraction of sp³-hybridized carbons (Fsp3) is 0.357. The highest BCUT2D eigenvalue weighted by Crippen LogP contribution is 2.24. The van der Waals surface area contributed by atoms with Gasteiger partial charge in [0.1, 0.15) is 5.75 Å². The number of hydrogen-bond acceptors (Lipinski definition) is 4. The van der Waals surface area contributed by atoms with Gasteiger partial charge >= 0.3 is 0 Å². The third-order valence-corrected chi connectivity index (χ3v) is 3.60. The summed E-state index contributed by atoms with van der Waals surface area (Å²) in [6.45, 7) is 4.90. The summed E-state index contributed by atoms with van der Waals surface area (Å²) >= 11 is 1.62. The zero-order chi connectivity index (χ0) is 13.0. The lowest BCUT2D eigenvalue weighted by Gasteiger charge is -2.15. The lowest BCUT2D eigenvalue weighted by Crippen LogP contribution is -2.21. The second-order valence-electron chi connectivity index (χ2n) is 4.47. The molecule has 3 nitrogen and oxygen atoms in total. The molecule has 0 saturated heterocycles. The van der Waals surface area contributed by atoms with Crippen molar-refractivity contribution in [1.29, 1.82) is 0 Å². The van der Waals surface area contributed by atoms with Gasteiger partial charge < -0.3 is 10.4 Å². The first-order chi connectivity index (χ1) is 8.66. The van der Waals surface area contributed by atoms with Gasteiger partial charge in [0.25, 0.3) is 0 Å². The zero-order valence-corrected chi connectivity index (χ0v) is 11.5. The molecule has 1 heterocycles. The Morgan fingerprint density at radius 2 is 2.28 bits per heavy atom. The minimum Gasteiger partial charge on any atom is -0.508 e. The van der Waals surface area contributed by atoms with Gasteiger partial charge in [0.05, 0.1) is 11.2 Å². The van der Waals surface area contributed by atoms with Crippen molar-refractivity contribution in [3.63, 3.8) is 0 Å². The van der Waals surface area contributed by atoms with Gasteiger partial charge in [-0.3, -0.25) is 0 Å². The molecule has 0 amide bonds. The van der Waals surface area contributed by atoms with Crippen LogP contribution in [-0.2, 0) is 6.42 Å². The quantitative estimate of drug-likeness (QED) is 0.870. The number of nitrogens with zero attached hydrogens (tertiary/aromatic N) is 1. The first kappa shape index (κ1) is 13.1. The van der Waals surface area contributed by atoms with Crippen molar-refractivity contribution in [2.24, 2.45) is 0 Å². The highest BCUT2D eigenvalue weighted by Gasteiger charge is 2.09. The molecule has 2 rings (SSSR count). The van der Waals surface area contributed by atoms with E-state index >= 15 is 0 Å². The molecule has 0 bridgehead atoms. The predicted molar refractivity (Wildman–Crippen MR) is 75.1 cm³/mol. The van der Waals surface area contributed by atoms with Crippen molar-refractivity contribution in [3.05, 3.63) is 45.9 Å². The van der Waals surface area contributed by atoms with Gasteiger partial charge in [0, 0.05) is 30.0 Å². The number of phenols is 1. The predicted octanol–water partition coefficient (Wildman–Crippen LogP) is 3.05. The smallest absolute Gasteiger partial charge is 0.120 e. The number of aromatic hydroxyl groups is 1. The zero-order valence-electron chi connectivity index (χ0n) is 10.7. The van der Waals surface area contributed by atoms with Crippen molar-refractivity contribution in [3.8, 4) is 5.75 Å². The van der Waals surface area contributed by atoms with Crippen LogP contribution < -0.4 is 5.32 Å². The molecule has 1 aromatic carbocycles. The molecular formula is C14H18N2OS. The fourth-order valence-electron chi connectivity index (χ4n) is 1.91. The number of phenolic OH excluding ortho intramolecular Hbond substituents is 1.